The SMILES string of the molecule is O=C1SCCCC12CCCCC2. The fraction of sp³-hybridized carbons (Fsp3) is 0.900. The molecule has 12 heavy (non-hydrogen) atoms. The topological polar surface area (TPSA) is 17.1 Å². The van der Waals surface area contributed by atoms with Crippen LogP contribution in [0.3, 0.4) is 0 Å². The van der Waals surface area contributed by atoms with Crippen molar-refractivity contribution in [3.8, 4) is 0 Å². The lowest BCUT2D eigenvalue weighted by Crippen LogP contribution is -2.34. The van der Waals surface area contributed by atoms with Gasteiger partial charge in [0.25, 0.3) is 0 Å². The molecular weight excluding hydrogens is 168 g/mol. The van der Waals surface area contributed by atoms with Gasteiger partial charge in [0.1, 0.15) is 0 Å². The Hall–Kier alpha value is 0.0200. The monoisotopic (exact) mass is 184 g/mol. The Labute approximate surface area is 78.3 Å². The molecule has 0 N–H and O–H groups in total. The lowest BCUT2D eigenvalue weighted by molar-refractivity contribution is -0.122. The highest BCUT2D eigenvalue weighted by Crippen LogP contribution is 2.46. The maximum Gasteiger partial charge on any atom is 0.195 e. The van der Waals surface area contributed by atoms with E-state index in [2.05, 4.69) is 0 Å². The van der Waals surface area contributed by atoms with E-state index in [9.17, 15) is 4.79 Å². The molecule has 0 radical (unpaired) electrons. The molecule has 0 aromatic rings. The number of rotatable bonds is 0. The summed E-state index contributed by atoms with van der Waals surface area (Å²) in [6, 6.07) is 0. The molecule has 1 aliphatic heterocycles. The Morgan fingerprint density at radius 3 is 2.33 bits per heavy atom. The zero-order valence-corrected chi connectivity index (χ0v) is 8.29. The van der Waals surface area contributed by atoms with Crippen molar-refractivity contribution in [2.24, 2.45) is 5.41 Å². The highest BCUT2D eigenvalue weighted by atomic mass is 32.2. The standard InChI is InChI=1S/C10H16OS/c11-9-10(7-4-8-12-9)5-2-1-3-6-10/h1-8H2. The van der Waals surface area contributed by atoms with E-state index < -0.39 is 0 Å². The van der Waals surface area contributed by atoms with Gasteiger partial charge in [-0.05, 0) is 25.7 Å². The Morgan fingerprint density at radius 2 is 1.67 bits per heavy atom. The lowest BCUT2D eigenvalue weighted by atomic mass is 9.72. The number of hydrogen-bond acceptors (Lipinski definition) is 2. The zero-order chi connectivity index (χ0) is 8.44. The van der Waals surface area contributed by atoms with Crippen LogP contribution in [0.15, 0.2) is 0 Å². The van der Waals surface area contributed by atoms with Gasteiger partial charge in [-0.25, -0.2) is 0 Å². The summed E-state index contributed by atoms with van der Waals surface area (Å²) in [6.45, 7) is 0. The van der Waals surface area contributed by atoms with Crippen molar-refractivity contribution in [1.29, 1.82) is 0 Å². The van der Waals surface area contributed by atoms with Crippen LogP contribution in [-0.2, 0) is 4.79 Å². The van der Waals surface area contributed by atoms with E-state index in [1.165, 1.54) is 44.9 Å². The molecule has 1 saturated heterocycles. The molecular formula is C10H16OS. The number of hydrogen-bond donors (Lipinski definition) is 0. The summed E-state index contributed by atoms with van der Waals surface area (Å²) in [7, 11) is 0. The van der Waals surface area contributed by atoms with Gasteiger partial charge < -0.3 is 0 Å². The second-order valence-electron chi connectivity index (χ2n) is 4.08. The minimum atomic E-state index is 0.140. The molecule has 1 heterocycles. The first kappa shape index (κ1) is 8.61. The fourth-order valence-corrected chi connectivity index (χ4v) is 3.60. The van der Waals surface area contributed by atoms with E-state index in [1.807, 2.05) is 0 Å². The van der Waals surface area contributed by atoms with Gasteiger partial charge in [-0.1, -0.05) is 31.0 Å². The van der Waals surface area contributed by atoms with E-state index in [4.69, 9.17) is 0 Å². The van der Waals surface area contributed by atoms with Gasteiger partial charge in [0, 0.05) is 11.2 Å². The van der Waals surface area contributed by atoms with Gasteiger partial charge in [-0.3, -0.25) is 4.79 Å². The molecule has 0 aromatic heterocycles. The molecule has 1 nitrogen and oxygen atoms in total. The highest BCUT2D eigenvalue weighted by Gasteiger charge is 2.40. The average molecular weight is 184 g/mol. The number of carbonyl (C=O) groups excluding carboxylic acids is 1. The van der Waals surface area contributed by atoms with Crippen molar-refractivity contribution in [3.05, 3.63) is 0 Å². The van der Waals surface area contributed by atoms with Crippen LogP contribution in [0.2, 0.25) is 0 Å². The Balaban J connectivity index is 2.09. The first-order valence-corrected chi connectivity index (χ1v) is 5.99. The van der Waals surface area contributed by atoms with Crippen LogP contribution in [0.1, 0.15) is 44.9 Å². The van der Waals surface area contributed by atoms with Gasteiger partial charge in [-0.15, -0.1) is 0 Å². The van der Waals surface area contributed by atoms with Crippen molar-refractivity contribution < 1.29 is 4.79 Å². The van der Waals surface area contributed by atoms with Gasteiger partial charge in [-0.2, -0.15) is 0 Å². The fourth-order valence-electron chi connectivity index (χ4n) is 2.51. The van der Waals surface area contributed by atoms with Gasteiger partial charge in [0.2, 0.25) is 0 Å². The summed E-state index contributed by atoms with van der Waals surface area (Å²) >= 11 is 1.58. The molecule has 68 valence electrons. The van der Waals surface area contributed by atoms with Gasteiger partial charge >= 0.3 is 0 Å². The molecule has 1 saturated carbocycles. The van der Waals surface area contributed by atoms with Crippen LogP contribution >= 0.6 is 11.8 Å². The Morgan fingerprint density at radius 1 is 1.00 bits per heavy atom. The first-order chi connectivity index (χ1) is 5.83. The van der Waals surface area contributed by atoms with E-state index in [0.717, 1.165) is 5.75 Å². The largest absolute Gasteiger partial charge is 0.287 e. The summed E-state index contributed by atoms with van der Waals surface area (Å²) < 4.78 is 0. The normalized spacial score (nSPS) is 29.2. The molecule has 2 aliphatic rings. The van der Waals surface area contributed by atoms with E-state index >= 15 is 0 Å². The number of carbonyl (C=O) groups is 1. The Kier molecular flexibility index (Phi) is 2.44. The summed E-state index contributed by atoms with van der Waals surface area (Å²) in [5, 5.41) is 0.508. The third-order valence-corrected chi connectivity index (χ3v) is 4.46. The molecule has 0 atom stereocenters. The van der Waals surface area contributed by atoms with Crippen molar-refractivity contribution >= 4 is 16.9 Å². The second-order valence-corrected chi connectivity index (χ2v) is 5.15. The maximum atomic E-state index is 11.7. The van der Waals surface area contributed by atoms with E-state index in [-0.39, 0.29) is 5.41 Å². The molecule has 0 unspecified atom stereocenters. The third-order valence-electron chi connectivity index (χ3n) is 3.28. The average Bonchev–Trinajstić information content (AvgIpc) is 2.12. The molecule has 2 rings (SSSR count). The van der Waals surface area contributed by atoms with Crippen molar-refractivity contribution in [1.82, 2.24) is 0 Å². The second kappa shape index (κ2) is 3.41. The van der Waals surface area contributed by atoms with Crippen LogP contribution < -0.4 is 0 Å². The molecule has 0 bridgehead atoms. The van der Waals surface area contributed by atoms with Crippen LogP contribution in [0, 0.1) is 5.41 Å². The summed E-state index contributed by atoms with van der Waals surface area (Å²) in [6.07, 6.45) is 8.71. The Bertz CT molecular complexity index is 174. The van der Waals surface area contributed by atoms with Crippen LogP contribution in [0.25, 0.3) is 0 Å². The van der Waals surface area contributed by atoms with Gasteiger partial charge in [0.15, 0.2) is 5.12 Å². The van der Waals surface area contributed by atoms with E-state index in [1.54, 1.807) is 11.8 Å². The first-order valence-electron chi connectivity index (χ1n) is 5.01. The summed E-state index contributed by atoms with van der Waals surface area (Å²) in [5.74, 6) is 1.07. The molecule has 0 aromatic carbocycles. The van der Waals surface area contributed by atoms with Crippen LogP contribution in [0.4, 0.5) is 0 Å². The molecule has 1 aliphatic carbocycles. The molecule has 2 fully saturated rings. The molecule has 0 amide bonds. The minimum absolute atomic E-state index is 0.140. The predicted octanol–water partition coefficient (Wildman–Crippen LogP) is 2.99. The minimum Gasteiger partial charge on any atom is -0.287 e. The van der Waals surface area contributed by atoms with Crippen LogP contribution in [-0.4, -0.2) is 10.9 Å². The molecule has 2 heteroatoms. The van der Waals surface area contributed by atoms with Crippen molar-refractivity contribution in [3.63, 3.8) is 0 Å². The smallest absolute Gasteiger partial charge is 0.195 e. The lowest BCUT2D eigenvalue weighted by Gasteiger charge is -2.38. The summed E-state index contributed by atoms with van der Waals surface area (Å²) in [5.41, 5.74) is 0.140. The quantitative estimate of drug-likeness (QED) is 0.575. The van der Waals surface area contributed by atoms with E-state index in [0.29, 0.717) is 5.12 Å². The van der Waals surface area contributed by atoms with Crippen molar-refractivity contribution in [2.75, 3.05) is 5.75 Å². The van der Waals surface area contributed by atoms with Gasteiger partial charge in [0.05, 0.1) is 0 Å². The predicted molar refractivity (Wildman–Crippen MR) is 52.2 cm³/mol. The number of thioether (sulfide) groups is 1. The van der Waals surface area contributed by atoms with Crippen molar-refractivity contribution in [2.45, 2.75) is 44.9 Å². The highest BCUT2D eigenvalue weighted by molar-refractivity contribution is 8.13. The maximum absolute atomic E-state index is 11.7. The van der Waals surface area contributed by atoms with Crippen LogP contribution in [0.5, 0.6) is 0 Å². The third kappa shape index (κ3) is 1.41. The summed E-state index contributed by atoms with van der Waals surface area (Å²) in [4.78, 5) is 11.7. The zero-order valence-electron chi connectivity index (χ0n) is 7.47. The molecule has 1 spiro atoms.